The van der Waals surface area contributed by atoms with Gasteiger partial charge in [0.1, 0.15) is 0 Å². The van der Waals surface area contributed by atoms with E-state index in [0.29, 0.717) is 6.54 Å². The van der Waals surface area contributed by atoms with Crippen molar-refractivity contribution in [2.24, 2.45) is 17.8 Å². The van der Waals surface area contributed by atoms with E-state index in [2.05, 4.69) is 22.2 Å². The fourth-order valence-corrected chi connectivity index (χ4v) is 3.76. The van der Waals surface area contributed by atoms with Crippen molar-refractivity contribution in [3.05, 3.63) is 42.0 Å². The van der Waals surface area contributed by atoms with Crippen molar-refractivity contribution in [3.8, 4) is 0 Å². The van der Waals surface area contributed by atoms with Gasteiger partial charge in [-0.15, -0.1) is 0 Å². The number of fused-ring (bicyclic) bond motifs is 2. The van der Waals surface area contributed by atoms with Crippen molar-refractivity contribution in [3.63, 3.8) is 0 Å². The van der Waals surface area contributed by atoms with Crippen LogP contribution < -0.4 is 10.0 Å². The Balaban J connectivity index is 1.49. The van der Waals surface area contributed by atoms with Gasteiger partial charge in [0.15, 0.2) is 0 Å². The molecule has 2 bridgehead atoms. The molecule has 0 spiro atoms. The highest BCUT2D eigenvalue weighted by molar-refractivity contribution is 7.88. The molecule has 0 radical (unpaired) electrons. The summed E-state index contributed by atoms with van der Waals surface area (Å²) in [6.07, 6.45) is 8.56. The third-order valence-electron chi connectivity index (χ3n) is 4.48. The molecule has 0 aliphatic heterocycles. The van der Waals surface area contributed by atoms with E-state index >= 15 is 0 Å². The number of hydrogen-bond donors (Lipinski definition) is 2. The third-order valence-corrected chi connectivity index (χ3v) is 5.15. The highest BCUT2D eigenvalue weighted by Gasteiger charge is 2.35. The van der Waals surface area contributed by atoms with Gasteiger partial charge in [0.2, 0.25) is 10.0 Å². The summed E-state index contributed by atoms with van der Waals surface area (Å²) in [7, 11) is -3.13. The Morgan fingerprint density at radius 2 is 1.90 bits per heavy atom. The third kappa shape index (κ3) is 3.86. The molecule has 0 heterocycles. The summed E-state index contributed by atoms with van der Waals surface area (Å²) in [5.74, 6) is 2.33. The van der Waals surface area contributed by atoms with E-state index in [0.717, 1.165) is 35.5 Å². The first-order chi connectivity index (χ1) is 9.99. The smallest absolute Gasteiger partial charge is 0.209 e. The van der Waals surface area contributed by atoms with Crippen LogP contribution in [0.25, 0.3) is 0 Å². The number of allylic oxidation sites excluding steroid dienone is 2. The number of hydrogen-bond acceptors (Lipinski definition) is 3. The minimum Gasteiger partial charge on any atom is -0.385 e. The number of anilines is 1. The van der Waals surface area contributed by atoms with Crippen LogP contribution in [0.15, 0.2) is 36.4 Å². The molecule has 0 amide bonds. The monoisotopic (exact) mass is 306 g/mol. The summed E-state index contributed by atoms with van der Waals surface area (Å²) in [6, 6.07) is 7.95. The molecule has 21 heavy (non-hydrogen) atoms. The summed E-state index contributed by atoms with van der Waals surface area (Å²) in [6.45, 7) is 1.36. The Bertz CT molecular complexity index is 622. The van der Waals surface area contributed by atoms with E-state index < -0.39 is 10.0 Å². The minimum absolute atomic E-state index is 0.344. The van der Waals surface area contributed by atoms with Gasteiger partial charge in [-0.3, -0.25) is 0 Å². The lowest BCUT2D eigenvalue weighted by molar-refractivity contribution is 0.472. The van der Waals surface area contributed by atoms with Gasteiger partial charge in [0, 0.05) is 18.8 Å². The molecule has 0 unspecified atom stereocenters. The second kappa shape index (κ2) is 5.81. The maximum Gasteiger partial charge on any atom is 0.209 e. The molecule has 5 heteroatoms. The Morgan fingerprint density at radius 1 is 1.14 bits per heavy atom. The average Bonchev–Trinajstić information content (AvgIpc) is 3.05. The van der Waals surface area contributed by atoms with Crippen LogP contribution in [-0.2, 0) is 16.6 Å². The van der Waals surface area contributed by atoms with Gasteiger partial charge in [0.05, 0.1) is 6.26 Å². The van der Waals surface area contributed by atoms with Crippen LogP contribution in [0.5, 0.6) is 0 Å². The highest BCUT2D eigenvalue weighted by atomic mass is 32.2. The summed E-state index contributed by atoms with van der Waals surface area (Å²) < 4.78 is 24.6. The molecule has 2 aliphatic carbocycles. The average molecular weight is 306 g/mol. The molecular formula is C16H22N2O2S. The lowest BCUT2D eigenvalue weighted by Crippen LogP contribution is -2.21. The summed E-state index contributed by atoms with van der Waals surface area (Å²) in [5, 5.41) is 3.50. The summed E-state index contributed by atoms with van der Waals surface area (Å²) in [5.41, 5.74) is 2.07. The fraction of sp³-hybridized carbons (Fsp3) is 0.500. The lowest BCUT2D eigenvalue weighted by atomic mass is 9.93. The van der Waals surface area contributed by atoms with Crippen molar-refractivity contribution in [1.82, 2.24) is 4.72 Å². The molecule has 4 nitrogen and oxygen atoms in total. The minimum atomic E-state index is -3.13. The summed E-state index contributed by atoms with van der Waals surface area (Å²) in [4.78, 5) is 0. The van der Waals surface area contributed by atoms with E-state index in [9.17, 15) is 8.42 Å². The normalized spacial score (nSPS) is 27.2. The number of rotatable bonds is 6. The maximum absolute atomic E-state index is 11.1. The van der Waals surface area contributed by atoms with Crippen LogP contribution >= 0.6 is 0 Å². The molecule has 1 saturated carbocycles. The van der Waals surface area contributed by atoms with Crippen LogP contribution in [0, 0.1) is 17.8 Å². The standard InChI is InChI=1S/C16H22N2O2S/c1-21(19,20)18-10-12-3-6-16(7-4-12)17-11-15-9-13-2-5-14(15)8-13/h2-7,13-15,17-18H,8-11H2,1H3/t13-,14-,15-/m0/s1. The molecule has 2 N–H and O–H groups in total. The highest BCUT2D eigenvalue weighted by Crippen LogP contribution is 2.43. The van der Waals surface area contributed by atoms with Crippen LogP contribution in [0.3, 0.4) is 0 Å². The molecule has 1 aromatic carbocycles. The molecule has 0 aromatic heterocycles. The van der Waals surface area contributed by atoms with Crippen molar-refractivity contribution in [2.75, 3.05) is 18.1 Å². The zero-order chi connectivity index (χ0) is 14.9. The van der Waals surface area contributed by atoms with Crippen LogP contribution in [0.1, 0.15) is 18.4 Å². The van der Waals surface area contributed by atoms with E-state index in [1.165, 1.54) is 19.1 Å². The molecule has 114 valence electrons. The zero-order valence-corrected chi connectivity index (χ0v) is 13.1. The van der Waals surface area contributed by atoms with Crippen molar-refractivity contribution in [2.45, 2.75) is 19.4 Å². The first kappa shape index (κ1) is 14.6. The lowest BCUT2D eigenvalue weighted by Gasteiger charge is -2.19. The van der Waals surface area contributed by atoms with Crippen LogP contribution in [0.4, 0.5) is 5.69 Å². The second-order valence-electron chi connectivity index (χ2n) is 6.21. The zero-order valence-electron chi connectivity index (χ0n) is 12.2. The van der Waals surface area contributed by atoms with Gasteiger partial charge in [0.25, 0.3) is 0 Å². The van der Waals surface area contributed by atoms with E-state index in [1.807, 2.05) is 24.3 Å². The largest absolute Gasteiger partial charge is 0.385 e. The maximum atomic E-state index is 11.1. The number of sulfonamides is 1. The SMILES string of the molecule is CS(=O)(=O)NCc1ccc(NC[C@@H]2C[C@H]3C=C[C@H]2C3)cc1. The molecule has 0 saturated heterocycles. The van der Waals surface area contributed by atoms with Gasteiger partial charge in [-0.1, -0.05) is 24.3 Å². The molecule has 2 aliphatic rings. The molecule has 1 aromatic rings. The van der Waals surface area contributed by atoms with Crippen molar-refractivity contribution >= 4 is 15.7 Å². The summed E-state index contributed by atoms with van der Waals surface area (Å²) >= 11 is 0. The van der Waals surface area contributed by atoms with Crippen molar-refractivity contribution in [1.29, 1.82) is 0 Å². The van der Waals surface area contributed by atoms with Gasteiger partial charge in [-0.2, -0.15) is 0 Å². The Morgan fingerprint density at radius 3 is 2.48 bits per heavy atom. The second-order valence-corrected chi connectivity index (χ2v) is 8.04. The fourth-order valence-electron chi connectivity index (χ4n) is 3.33. The van der Waals surface area contributed by atoms with E-state index in [1.54, 1.807) is 0 Å². The molecular weight excluding hydrogens is 284 g/mol. The Labute approximate surface area is 126 Å². The van der Waals surface area contributed by atoms with E-state index in [-0.39, 0.29) is 0 Å². The Hall–Kier alpha value is -1.33. The van der Waals surface area contributed by atoms with Gasteiger partial charge in [-0.25, -0.2) is 13.1 Å². The van der Waals surface area contributed by atoms with Gasteiger partial charge >= 0.3 is 0 Å². The van der Waals surface area contributed by atoms with E-state index in [4.69, 9.17) is 0 Å². The molecule has 1 fully saturated rings. The number of nitrogens with one attached hydrogen (secondary N) is 2. The Kier molecular flexibility index (Phi) is 4.04. The molecule has 3 rings (SSSR count). The van der Waals surface area contributed by atoms with Crippen molar-refractivity contribution < 1.29 is 8.42 Å². The van der Waals surface area contributed by atoms with Crippen LogP contribution in [0.2, 0.25) is 0 Å². The first-order valence-electron chi connectivity index (χ1n) is 7.45. The van der Waals surface area contributed by atoms with Gasteiger partial charge < -0.3 is 5.32 Å². The van der Waals surface area contributed by atoms with Gasteiger partial charge in [-0.05, 0) is 48.3 Å². The predicted molar refractivity (Wildman–Crippen MR) is 85.5 cm³/mol. The van der Waals surface area contributed by atoms with Crippen LogP contribution in [-0.4, -0.2) is 21.2 Å². The quantitative estimate of drug-likeness (QED) is 0.793. The topological polar surface area (TPSA) is 58.2 Å². The number of benzene rings is 1. The molecule has 3 atom stereocenters. The first-order valence-corrected chi connectivity index (χ1v) is 9.34. The predicted octanol–water partition coefficient (Wildman–Crippen LogP) is 2.36.